The average Bonchev–Trinajstić information content (AvgIpc) is 2.88. The molecule has 2 atom stereocenters. The summed E-state index contributed by atoms with van der Waals surface area (Å²) in [6.07, 6.45) is 1.30. The summed E-state index contributed by atoms with van der Waals surface area (Å²) in [6.45, 7) is 15.2. The highest BCUT2D eigenvalue weighted by Crippen LogP contribution is 2.28. The fourth-order valence-corrected chi connectivity index (χ4v) is 2.27. The summed E-state index contributed by atoms with van der Waals surface area (Å²) in [5.74, 6) is 7.71. The molecule has 2 aliphatic heterocycles. The summed E-state index contributed by atoms with van der Waals surface area (Å²) >= 11 is 0. The van der Waals surface area contributed by atoms with Crippen molar-refractivity contribution >= 4 is 0 Å². The lowest BCUT2D eigenvalue weighted by atomic mass is 9.89. The van der Waals surface area contributed by atoms with Gasteiger partial charge in [-0.3, -0.25) is 4.90 Å². The molecule has 0 aliphatic carbocycles. The fourth-order valence-electron chi connectivity index (χ4n) is 2.27. The molecule has 100 valence electrons. The molecule has 2 heterocycles. The first-order valence-electron chi connectivity index (χ1n) is 7.10. The van der Waals surface area contributed by atoms with E-state index >= 15 is 0 Å². The molecular weight excluding hydrogens is 210 g/mol. The van der Waals surface area contributed by atoms with Crippen LogP contribution < -0.4 is 0 Å². The molecule has 2 saturated heterocycles. The molecule has 0 amide bonds. The summed E-state index contributed by atoms with van der Waals surface area (Å²) in [4.78, 5) is 2.45. The van der Waals surface area contributed by atoms with Gasteiger partial charge in [0, 0.05) is 19.1 Å². The van der Waals surface area contributed by atoms with E-state index in [1.807, 2.05) is 34.6 Å². The quantitative estimate of drug-likeness (QED) is 0.652. The van der Waals surface area contributed by atoms with Gasteiger partial charge in [0.2, 0.25) is 0 Å². The second-order valence-electron chi connectivity index (χ2n) is 4.01. The van der Waals surface area contributed by atoms with E-state index in [1.165, 1.54) is 19.5 Å². The van der Waals surface area contributed by atoms with Gasteiger partial charge in [-0.25, -0.2) is 0 Å². The van der Waals surface area contributed by atoms with Crippen molar-refractivity contribution in [3.05, 3.63) is 0 Å². The molecule has 17 heavy (non-hydrogen) atoms. The van der Waals surface area contributed by atoms with Gasteiger partial charge in [-0.2, -0.15) is 0 Å². The summed E-state index contributed by atoms with van der Waals surface area (Å²) in [5.41, 5.74) is 0. The van der Waals surface area contributed by atoms with Crippen molar-refractivity contribution in [2.45, 2.75) is 41.0 Å². The van der Waals surface area contributed by atoms with E-state index in [4.69, 9.17) is 4.74 Å². The third-order valence-corrected chi connectivity index (χ3v) is 3.12. The van der Waals surface area contributed by atoms with Crippen LogP contribution in [0.5, 0.6) is 0 Å². The van der Waals surface area contributed by atoms with Gasteiger partial charge in [0.05, 0.1) is 13.2 Å². The SMILES string of the molecule is CC.CC.CC#CCN1CCC2COCC2C1. The van der Waals surface area contributed by atoms with Gasteiger partial charge in [0.15, 0.2) is 0 Å². The molecule has 0 aromatic heterocycles. The van der Waals surface area contributed by atoms with Crippen LogP contribution in [0.25, 0.3) is 0 Å². The minimum atomic E-state index is 0.785. The number of nitrogens with zero attached hydrogens (tertiary/aromatic N) is 1. The smallest absolute Gasteiger partial charge is 0.0601 e. The van der Waals surface area contributed by atoms with Gasteiger partial charge in [-0.1, -0.05) is 33.6 Å². The van der Waals surface area contributed by atoms with Crippen LogP contribution in [0.1, 0.15) is 41.0 Å². The van der Waals surface area contributed by atoms with E-state index in [-0.39, 0.29) is 0 Å². The lowest BCUT2D eigenvalue weighted by Crippen LogP contribution is -2.40. The molecule has 0 aromatic carbocycles. The molecule has 2 rings (SSSR count). The number of hydrogen-bond acceptors (Lipinski definition) is 2. The van der Waals surface area contributed by atoms with Gasteiger partial charge >= 0.3 is 0 Å². The average molecular weight is 239 g/mol. The zero-order valence-corrected chi connectivity index (χ0v) is 12.3. The van der Waals surface area contributed by atoms with Crippen molar-refractivity contribution in [3.8, 4) is 11.8 Å². The molecule has 0 bridgehead atoms. The van der Waals surface area contributed by atoms with Crippen molar-refractivity contribution in [2.24, 2.45) is 11.8 Å². The Morgan fingerprint density at radius 2 is 1.76 bits per heavy atom. The van der Waals surface area contributed by atoms with Crippen LogP contribution in [0, 0.1) is 23.7 Å². The predicted octanol–water partition coefficient (Wildman–Crippen LogP) is 3.03. The Labute approximate surface area is 108 Å². The molecule has 0 aromatic rings. The van der Waals surface area contributed by atoms with Crippen LogP contribution in [0.2, 0.25) is 0 Å². The van der Waals surface area contributed by atoms with E-state index in [0.717, 1.165) is 31.6 Å². The minimum absolute atomic E-state index is 0.785. The zero-order chi connectivity index (χ0) is 13.1. The highest BCUT2D eigenvalue weighted by molar-refractivity contribution is 4.99. The molecule has 2 nitrogen and oxygen atoms in total. The Balaban J connectivity index is 0.000000581. The number of fused-ring (bicyclic) bond motifs is 1. The highest BCUT2D eigenvalue weighted by atomic mass is 16.5. The largest absolute Gasteiger partial charge is 0.381 e. The summed E-state index contributed by atoms with van der Waals surface area (Å²) < 4.78 is 5.48. The Kier molecular flexibility index (Phi) is 10.3. The van der Waals surface area contributed by atoms with Crippen LogP contribution in [-0.4, -0.2) is 37.7 Å². The summed E-state index contributed by atoms with van der Waals surface area (Å²) in [7, 11) is 0. The molecule has 0 spiro atoms. The van der Waals surface area contributed by atoms with E-state index in [2.05, 4.69) is 16.7 Å². The predicted molar refractivity (Wildman–Crippen MR) is 75.0 cm³/mol. The first kappa shape index (κ1) is 16.5. The minimum Gasteiger partial charge on any atom is -0.381 e. The van der Waals surface area contributed by atoms with Gasteiger partial charge in [-0.15, -0.1) is 5.92 Å². The molecule has 2 fully saturated rings. The van der Waals surface area contributed by atoms with Crippen molar-refractivity contribution in [1.82, 2.24) is 4.90 Å². The number of rotatable bonds is 1. The van der Waals surface area contributed by atoms with Crippen LogP contribution in [0.4, 0.5) is 0 Å². The van der Waals surface area contributed by atoms with Crippen LogP contribution in [-0.2, 0) is 4.74 Å². The number of piperidine rings is 1. The second-order valence-corrected chi connectivity index (χ2v) is 4.01. The second kappa shape index (κ2) is 10.6. The van der Waals surface area contributed by atoms with Gasteiger partial charge in [0.1, 0.15) is 0 Å². The number of ether oxygens (including phenoxy) is 1. The molecule has 2 unspecified atom stereocenters. The van der Waals surface area contributed by atoms with Crippen LogP contribution >= 0.6 is 0 Å². The first-order chi connectivity index (χ1) is 8.40. The summed E-state index contributed by atoms with van der Waals surface area (Å²) in [5, 5.41) is 0. The topological polar surface area (TPSA) is 12.5 Å². The fraction of sp³-hybridized carbons (Fsp3) is 0.867. The van der Waals surface area contributed by atoms with E-state index < -0.39 is 0 Å². The van der Waals surface area contributed by atoms with Gasteiger partial charge in [-0.05, 0) is 25.8 Å². The third kappa shape index (κ3) is 5.57. The molecular formula is C15H29NO. The van der Waals surface area contributed by atoms with E-state index in [0.29, 0.717) is 0 Å². The van der Waals surface area contributed by atoms with Crippen molar-refractivity contribution < 1.29 is 4.74 Å². The summed E-state index contributed by atoms with van der Waals surface area (Å²) in [6, 6.07) is 0. The maximum absolute atomic E-state index is 5.48. The van der Waals surface area contributed by atoms with Gasteiger partial charge in [0.25, 0.3) is 0 Å². The maximum atomic E-state index is 5.48. The molecule has 2 heteroatoms. The third-order valence-electron chi connectivity index (χ3n) is 3.12. The normalized spacial score (nSPS) is 26.4. The van der Waals surface area contributed by atoms with E-state index in [1.54, 1.807) is 0 Å². The van der Waals surface area contributed by atoms with E-state index in [9.17, 15) is 0 Å². The zero-order valence-electron chi connectivity index (χ0n) is 12.3. The Bertz CT molecular complexity index is 229. The van der Waals surface area contributed by atoms with Crippen LogP contribution in [0.3, 0.4) is 0 Å². The number of likely N-dealkylation sites (tertiary alicyclic amines) is 1. The highest BCUT2D eigenvalue weighted by Gasteiger charge is 2.33. The lowest BCUT2D eigenvalue weighted by molar-refractivity contribution is 0.162. The van der Waals surface area contributed by atoms with Gasteiger partial charge < -0.3 is 4.74 Å². The number of hydrogen-bond donors (Lipinski definition) is 0. The molecule has 0 radical (unpaired) electrons. The van der Waals surface area contributed by atoms with Crippen molar-refractivity contribution in [2.75, 3.05) is 32.8 Å². The first-order valence-corrected chi connectivity index (χ1v) is 7.10. The van der Waals surface area contributed by atoms with Crippen molar-refractivity contribution in [3.63, 3.8) is 0 Å². The Morgan fingerprint density at radius 3 is 2.41 bits per heavy atom. The monoisotopic (exact) mass is 239 g/mol. The van der Waals surface area contributed by atoms with Crippen molar-refractivity contribution in [1.29, 1.82) is 0 Å². The lowest BCUT2D eigenvalue weighted by Gasteiger charge is -2.32. The maximum Gasteiger partial charge on any atom is 0.0601 e. The molecule has 0 saturated carbocycles. The van der Waals surface area contributed by atoms with Crippen LogP contribution in [0.15, 0.2) is 0 Å². The Morgan fingerprint density at radius 1 is 1.12 bits per heavy atom. The Hall–Kier alpha value is -0.520. The molecule has 2 aliphatic rings. The molecule has 0 N–H and O–H groups in total. The standard InChI is InChI=1S/C11H17NO.2C2H6/c1-2-3-5-12-6-4-10-8-13-9-11(10)7-12;2*1-2/h10-11H,4-9H2,1H3;2*1-2H3.